The molecule has 0 fully saturated rings. The summed E-state index contributed by atoms with van der Waals surface area (Å²) < 4.78 is 10.6. The highest BCUT2D eigenvalue weighted by atomic mass is 16.6. The van der Waals surface area contributed by atoms with Crippen LogP contribution >= 0.6 is 0 Å². The molecule has 0 saturated carbocycles. The van der Waals surface area contributed by atoms with E-state index >= 15 is 0 Å². The molecule has 0 aromatic carbocycles. The number of aliphatic hydroxyl groups is 1. The van der Waals surface area contributed by atoms with E-state index < -0.39 is 6.10 Å². The molecule has 0 heterocycles. The van der Waals surface area contributed by atoms with Crippen LogP contribution in [0.4, 0.5) is 0 Å². The normalized spacial score (nSPS) is 12.5. The third-order valence-corrected chi connectivity index (χ3v) is 9.19. The lowest BCUT2D eigenvalue weighted by Gasteiger charge is -2.15. The van der Waals surface area contributed by atoms with Gasteiger partial charge in [-0.15, -0.1) is 0 Å². The van der Waals surface area contributed by atoms with Crippen molar-refractivity contribution < 1.29 is 24.2 Å². The van der Waals surface area contributed by atoms with E-state index in [0.29, 0.717) is 12.8 Å². The molecule has 1 unspecified atom stereocenters. The highest BCUT2D eigenvalue weighted by molar-refractivity contribution is 5.70. The molecule has 1 N–H and O–H groups in total. The molecule has 0 saturated heterocycles. The predicted octanol–water partition coefficient (Wildman–Crippen LogP) is 13.2. The van der Waals surface area contributed by atoms with Crippen LogP contribution < -0.4 is 0 Å². The molecule has 1 atom stereocenters. The molecule has 5 nitrogen and oxygen atoms in total. The van der Waals surface area contributed by atoms with Gasteiger partial charge in [-0.3, -0.25) is 9.59 Å². The van der Waals surface area contributed by atoms with E-state index in [1.54, 1.807) is 0 Å². The zero-order valence-electron chi connectivity index (χ0n) is 32.5. The fourth-order valence-corrected chi connectivity index (χ4v) is 5.97. The van der Waals surface area contributed by atoms with Crippen LogP contribution in [0.3, 0.4) is 0 Å². The van der Waals surface area contributed by atoms with E-state index in [-0.39, 0.29) is 25.2 Å². The standard InChI is InChI=1S/C44H80O5/c1-3-5-7-9-11-13-15-16-17-18-19-20-21-22-23-24-25-26-27-28-29-31-33-35-37-39-44(47)49-42(40-45)41-48-43(46)38-36-34-32-30-14-12-10-8-6-4-2/h15-16,18-19,21-22,42,45H,3-14,17,20,23-41H2,1-2H3/b16-15-,19-18-,22-21-. The minimum absolute atomic E-state index is 0.0647. The number of aliphatic hydroxyl groups excluding tert-OH is 1. The quantitative estimate of drug-likeness (QED) is 0.0397. The summed E-state index contributed by atoms with van der Waals surface area (Å²) in [4.78, 5) is 24.2. The Morgan fingerprint density at radius 1 is 0.469 bits per heavy atom. The lowest BCUT2D eigenvalue weighted by atomic mass is 10.0. The average molecular weight is 689 g/mol. The molecule has 0 bridgehead atoms. The van der Waals surface area contributed by atoms with Gasteiger partial charge in [0.1, 0.15) is 6.61 Å². The zero-order valence-corrected chi connectivity index (χ0v) is 32.5. The SMILES string of the molecule is CCCCCCC/C=C\C/C=C\C/C=C\CCCCCCCCCCCCC(=O)OC(CO)COC(=O)CCCCCCCCCCCC. The van der Waals surface area contributed by atoms with Gasteiger partial charge in [-0.05, 0) is 51.4 Å². The summed E-state index contributed by atoms with van der Waals surface area (Å²) in [7, 11) is 0. The van der Waals surface area contributed by atoms with Crippen molar-refractivity contribution in [1.82, 2.24) is 0 Å². The molecule has 0 amide bonds. The van der Waals surface area contributed by atoms with E-state index in [1.807, 2.05) is 0 Å². The second-order valence-electron chi connectivity index (χ2n) is 14.1. The summed E-state index contributed by atoms with van der Waals surface area (Å²) in [6.45, 7) is 4.11. The third-order valence-electron chi connectivity index (χ3n) is 9.19. The summed E-state index contributed by atoms with van der Waals surface area (Å²) in [6.07, 6.45) is 49.3. The van der Waals surface area contributed by atoms with Crippen molar-refractivity contribution in [2.24, 2.45) is 0 Å². The Labute approximate surface area is 304 Å². The summed E-state index contributed by atoms with van der Waals surface area (Å²) in [5.41, 5.74) is 0. The minimum atomic E-state index is -0.769. The molecule has 0 rings (SSSR count). The maximum atomic E-state index is 12.2. The van der Waals surface area contributed by atoms with Crippen LogP contribution in [-0.2, 0) is 19.1 Å². The third kappa shape index (κ3) is 38.8. The molecule has 0 aliphatic carbocycles. The van der Waals surface area contributed by atoms with Gasteiger partial charge in [-0.2, -0.15) is 0 Å². The van der Waals surface area contributed by atoms with Gasteiger partial charge in [0.25, 0.3) is 0 Å². The Balaban J connectivity index is 3.51. The van der Waals surface area contributed by atoms with Crippen molar-refractivity contribution in [3.8, 4) is 0 Å². The Hall–Kier alpha value is -1.88. The van der Waals surface area contributed by atoms with Crippen LogP contribution in [-0.4, -0.2) is 36.4 Å². The largest absolute Gasteiger partial charge is 0.462 e. The summed E-state index contributed by atoms with van der Waals surface area (Å²) in [5, 5.41) is 9.54. The predicted molar refractivity (Wildman–Crippen MR) is 210 cm³/mol. The number of hydrogen-bond donors (Lipinski definition) is 1. The molecular weight excluding hydrogens is 608 g/mol. The first-order chi connectivity index (χ1) is 24.1. The van der Waals surface area contributed by atoms with Gasteiger partial charge in [0.2, 0.25) is 0 Å². The van der Waals surface area contributed by atoms with Crippen LogP contribution in [0.1, 0.15) is 213 Å². The minimum Gasteiger partial charge on any atom is -0.462 e. The maximum absolute atomic E-state index is 12.2. The molecule has 0 aromatic heterocycles. The molecule has 0 aliphatic rings. The van der Waals surface area contributed by atoms with Crippen LogP contribution in [0.2, 0.25) is 0 Å². The van der Waals surface area contributed by atoms with Crippen molar-refractivity contribution >= 4 is 11.9 Å². The molecule has 5 heteroatoms. The summed E-state index contributed by atoms with van der Waals surface area (Å²) in [5.74, 6) is -0.592. The van der Waals surface area contributed by atoms with Gasteiger partial charge in [0, 0.05) is 12.8 Å². The highest BCUT2D eigenvalue weighted by Gasteiger charge is 2.16. The number of ether oxygens (including phenoxy) is 2. The van der Waals surface area contributed by atoms with Crippen molar-refractivity contribution in [2.45, 2.75) is 219 Å². The number of rotatable bonds is 38. The van der Waals surface area contributed by atoms with Crippen LogP contribution in [0.15, 0.2) is 36.5 Å². The fraction of sp³-hybridized carbons (Fsp3) is 0.818. The molecule has 49 heavy (non-hydrogen) atoms. The Bertz CT molecular complexity index is 786. The second-order valence-corrected chi connectivity index (χ2v) is 14.1. The van der Waals surface area contributed by atoms with Crippen LogP contribution in [0.25, 0.3) is 0 Å². The maximum Gasteiger partial charge on any atom is 0.306 e. The highest BCUT2D eigenvalue weighted by Crippen LogP contribution is 2.14. The summed E-state index contributed by atoms with van der Waals surface area (Å²) in [6, 6.07) is 0. The zero-order chi connectivity index (χ0) is 35.7. The first-order valence-corrected chi connectivity index (χ1v) is 21.0. The van der Waals surface area contributed by atoms with Gasteiger partial charge in [-0.1, -0.05) is 185 Å². The number of unbranched alkanes of at least 4 members (excludes halogenated alkanes) is 24. The number of hydrogen-bond acceptors (Lipinski definition) is 5. The topological polar surface area (TPSA) is 72.8 Å². The lowest BCUT2D eigenvalue weighted by molar-refractivity contribution is -0.161. The Morgan fingerprint density at radius 2 is 0.816 bits per heavy atom. The van der Waals surface area contributed by atoms with E-state index in [2.05, 4.69) is 50.3 Å². The number of esters is 2. The van der Waals surface area contributed by atoms with Crippen molar-refractivity contribution in [1.29, 1.82) is 0 Å². The molecule has 0 spiro atoms. The number of allylic oxidation sites excluding steroid dienone is 6. The molecule has 0 aliphatic heterocycles. The number of carbonyl (C=O) groups is 2. The number of carbonyl (C=O) groups excluding carboxylic acids is 2. The van der Waals surface area contributed by atoms with Gasteiger partial charge in [0.15, 0.2) is 6.10 Å². The Morgan fingerprint density at radius 3 is 1.22 bits per heavy atom. The first kappa shape index (κ1) is 47.1. The molecular formula is C44H80O5. The fourth-order valence-electron chi connectivity index (χ4n) is 5.97. The van der Waals surface area contributed by atoms with Crippen LogP contribution in [0, 0.1) is 0 Å². The van der Waals surface area contributed by atoms with Crippen molar-refractivity contribution in [3.63, 3.8) is 0 Å². The Kier molecular flexibility index (Phi) is 39.0. The lowest BCUT2D eigenvalue weighted by Crippen LogP contribution is -2.28. The average Bonchev–Trinajstić information content (AvgIpc) is 3.10. The van der Waals surface area contributed by atoms with E-state index in [9.17, 15) is 14.7 Å². The van der Waals surface area contributed by atoms with Gasteiger partial charge in [0.05, 0.1) is 6.61 Å². The van der Waals surface area contributed by atoms with Crippen molar-refractivity contribution in [3.05, 3.63) is 36.5 Å². The molecule has 286 valence electrons. The monoisotopic (exact) mass is 689 g/mol. The van der Waals surface area contributed by atoms with E-state index in [0.717, 1.165) is 51.4 Å². The molecule has 0 aromatic rings. The van der Waals surface area contributed by atoms with Gasteiger partial charge < -0.3 is 14.6 Å². The van der Waals surface area contributed by atoms with E-state index in [4.69, 9.17) is 9.47 Å². The molecule has 0 radical (unpaired) electrons. The summed E-state index contributed by atoms with van der Waals surface area (Å²) >= 11 is 0. The second kappa shape index (κ2) is 40.5. The smallest absolute Gasteiger partial charge is 0.306 e. The van der Waals surface area contributed by atoms with E-state index in [1.165, 1.54) is 135 Å². The van der Waals surface area contributed by atoms with Crippen molar-refractivity contribution in [2.75, 3.05) is 13.2 Å². The first-order valence-electron chi connectivity index (χ1n) is 21.0. The van der Waals surface area contributed by atoms with Gasteiger partial charge in [-0.25, -0.2) is 0 Å². The van der Waals surface area contributed by atoms with Gasteiger partial charge >= 0.3 is 11.9 Å². The van der Waals surface area contributed by atoms with Crippen LogP contribution in [0.5, 0.6) is 0 Å².